The summed E-state index contributed by atoms with van der Waals surface area (Å²) in [5, 5.41) is 0. The molecule has 0 aliphatic carbocycles. The molecule has 0 spiro atoms. The molecule has 1 aromatic carbocycles. The van der Waals surface area contributed by atoms with Crippen LogP contribution >= 0.6 is 0 Å². The maximum absolute atomic E-state index is 11.8. The Bertz CT molecular complexity index is 456. The molecule has 0 radical (unpaired) electrons. The summed E-state index contributed by atoms with van der Waals surface area (Å²) in [6.45, 7) is 7.28. The number of nitrogens with two attached hydrogens (primary N) is 1. The number of hydrogen-bond acceptors (Lipinski definition) is 3. The fourth-order valence-electron chi connectivity index (χ4n) is 2.36. The standard InChI is InChI=1S/C17H27NO2Si/c1-4-21(5-2,6-3)14-8-7-13-20-17(19)15-9-11-16(18)12-10-15/h8-12,14H,4-7,13,18H2,1-3H3. The first-order valence-corrected chi connectivity index (χ1v) is 10.5. The van der Waals surface area contributed by atoms with Crippen molar-refractivity contribution in [1.82, 2.24) is 0 Å². The Morgan fingerprint density at radius 2 is 1.71 bits per heavy atom. The topological polar surface area (TPSA) is 52.3 Å². The second-order valence-electron chi connectivity index (χ2n) is 5.37. The zero-order valence-electron chi connectivity index (χ0n) is 13.4. The minimum absolute atomic E-state index is 0.284. The van der Waals surface area contributed by atoms with E-state index in [1.165, 1.54) is 18.1 Å². The molecule has 0 aliphatic rings. The van der Waals surface area contributed by atoms with Crippen molar-refractivity contribution in [2.24, 2.45) is 0 Å². The number of carbonyl (C=O) groups is 1. The van der Waals surface area contributed by atoms with E-state index in [2.05, 4.69) is 32.5 Å². The summed E-state index contributed by atoms with van der Waals surface area (Å²) >= 11 is 0. The smallest absolute Gasteiger partial charge is 0.338 e. The van der Waals surface area contributed by atoms with Crippen molar-refractivity contribution in [2.75, 3.05) is 12.3 Å². The summed E-state index contributed by atoms with van der Waals surface area (Å²) in [6.07, 6.45) is 2.98. The number of ether oxygens (including phenoxy) is 1. The largest absolute Gasteiger partial charge is 0.462 e. The van der Waals surface area contributed by atoms with E-state index in [-0.39, 0.29) is 5.97 Å². The monoisotopic (exact) mass is 305 g/mol. The number of anilines is 1. The molecule has 0 heterocycles. The van der Waals surface area contributed by atoms with Crippen LogP contribution < -0.4 is 5.73 Å². The van der Waals surface area contributed by atoms with Crippen molar-refractivity contribution in [1.29, 1.82) is 0 Å². The lowest BCUT2D eigenvalue weighted by Gasteiger charge is -2.23. The van der Waals surface area contributed by atoms with E-state index >= 15 is 0 Å². The van der Waals surface area contributed by atoms with E-state index in [0.717, 1.165) is 6.42 Å². The van der Waals surface area contributed by atoms with Crippen LogP contribution in [0.15, 0.2) is 36.0 Å². The van der Waals surface area contributed by atoms with Gasteiger partial charge in [0, 0.05) is 5.69 Å². The van der Waals surface area contributed by atoms with E-state index < -0.39 is 8.07 Å². The molecule has 0 atom stereocenters. The lowest BCUT2D eigenvalue weighted by atomic mass is 10.2. The third kappa shape index (κ3) is 5.38. The molecular weight excluding hydrogens is 278 g/mol. The first-order chi connectivity index (χ1) is 10.1. The third-order valence-corrected chi connectivity index (χ3v) is 9.42. The van der Waals surface area contributed by atoms with Gasteiger partial charge in [0.1, 0.15) is 0 Å². The summed E-state index contributed by atoms with van der Waals surface area (Å²) in [7, 11) is -1.20. The Kier molecular flexibility index (Phi) is 7.23. The number of hydrogen-bond donors (Lipinski definition) is 1. The SMILES string of the molecule is CC[Si](C=CCCOC(=O)c1ccc(N)cc1)(CC)CC. The van der Waals surface area contributed by atoms with E-state index in [1.54, 1.807) is 24.3 Å². The molecule has 1 aromatic rings. The second kappa shape index (κ2) is 8.67. The lowest BCUT2D eigenvalue weighted by Crippen LogP contribution is -2.28. The molecule has 3 nitrogen and oxygen atoms in total. The summed E-state index contributed by atoms with van der Waals surface area (Å²) in [5.41, 5.74) is 9.21. The van der Waals surface area contributed by atoms with E-state index in [4.69, 9.17) is 10.5 Å². The highest BCUT2D eigenvalue weighted by molar-refractivity contribution is 6.84. The second-order valence-corrected chi connectivity index (χ2v) is 10.6. The molecule has 2 N–H and O–H groups in total. The summed E-state index contributed by atoms with van der Waals surface area (Å²) in [4.78, 5) is 11.8. The normalized spacial score (nSPS) is 11.8. The Morgan fingerprint density at radius 3 is 2.24 bits per heavy atom. The van der Waals surface area contributed by atoms with Gasteiger partial charge in [-0.1, -0.05) is 50.7 Å². The Morgan fingerprint density at radius 1 is 1.14 bits per heavy atom. The Hall–Kier alpha value is -1.55. The minimum atomic E-state index is -1.20. The van der Waals surface area contributed by atoms with Gasteiger partial charge in [-0.3, -0.25) is 0 Å². The number of nitrogen functional groups attached to an aromatic ring is 1. The number of benzene rings is 1. The molecule has 0 amide bonds. The van der Waals surface area contributed by atoms with Crippen molar-refractivity contribution >= 4 is 19.7 Å². The molecule has 0 unspecified atom stereocenters. The van der Waals surface area contributed by atoms with Crippen LogP contribution in [0.1, 0.15) is 37.6 Å². The number of rotatable bonds is 8. The van der Waals surface area contributed by atoms with Crippen LogP contribution in [-0.2, 0) is 4.74 Å². The Labute approximate surface area is 129 Å². The summed E-state index contributed by atoms with van der Waals surface area (Å²) in [5.74, 6) is -0.284. The predicted octanol–water partition coefficient (Wildman–Crippen LogP) is 4.42. The van der Waals surface area contributed by atoms with Crippen molar-refractivity contribution in [3.63, 3.8) is 0 Å². The molecule has 21 heavy (non-hydrogen) atoms. The fourth-order valence-corrected chi connectivity index (χ4v) is 5.23. The van der Waals surface area contributed by atoms with Crippen LogP contribution in [0.3, 0.4) is 0 Å². The molecule has 0 aromatic heterocycles. The molecule has 1 rings (SSSR count). The summed E-state index contributed by atoms with van der Waals surface area (Å²) < 4.78 is 5.27. The predicted molar refractivity (Wildman–Crippen MR) is 92.1 cm³/mol. The van der Waals surface area contributed by atoms with Crippen LogP contribution in [0.25, 0.3) is 0 Å². The van der Waals surface area contributed by atoms with Crippen molar-refractivity contribution < 1.29 is 9.53 Å². The minimum Gasteiger partial charge on any atom is -0.462 e. The lowest BCUT2D eigenvalue weighted by molar-refractivity contribution is 0.0512. The van der Waals surface area contributed by atoms with Crippen molar-refractivity contribution in [2.45, 2.75) is 45.3 Å². The molecule has 0 bridgehead atoms. The molecule has 0 saturated heterocycles. The van der Waals surface area contributed by atoms with Gasteiger partial charge in [0.05, 0.1) is 20.2 Å². The van der Waals surface area contributed by atoms with Gasteiger partial charge in [-0.15, -0.1) is 0 Å². The molecular formula is C17H27NO2Si. The van der Waals surface area contributed by atoms with Crippen LogP contribution in [0.2, 0.25) is 18.1 Å². The molecule has 0 aliphatic heterocycles. The summed E-state index contributed by atoms with van der Waals surface area (Å²) in [6, 6.07) is 10.6. The van der Waals surface area contributed by atoms with Gasteiger partial charge in [-0.05, 0) is 30.7 Å². The number of carbonyl (C=O) groups excluding carboxylic acids is 1. The van der Waals surface area contributed by atoms with Gasteiger partial charge < -0.3 is 10.5 Å². The van der Waals surface area contributed by atoms with Crippen molar-refractivity contribution in [3.05, 3.63) is 41.6 Å². The maximum atomic E-state index is 11.8. The van der Waals surface area contributed by atoms with E-state index in [1.807, 2.05) is 0 Å². The zero-order chi connectivity index (χ0) is 15.7. The third-order valence-electron chi connectivity index (χ3n) is 4.25. The van der Waals surface area contributed by atoms with E-state index in [0.29, 0.717) is 17.9 Å². The van der Waals surface area contributed by atoms with Gasteiger partial charge in [0.25, 0.3) is 0 Å². The van der Waals surface area contributed by atoms with Crippen LogP contribution in [-0.4, -0.2) is 20.7 Å². The van der Waals surface area contributed by atoms with Crippen LogP contribution in [0.5, 0.6) is 0 Å². The van der Waals surface area contributed by atoms with Crippen LogP contribution in [0, 0.1) is 0 Å². The molecule has 0 fully saturated rings. The highest BCUT2D eigenvalue weighted by atomic mass is 28.3. The van der Waals surface area contributed by atoms with Gasteiger partial charge in [-0.2, -0.15) is 0 Å². The highest BCUT2D eigenvalue weighted by Gasteiger charge is 2.22. The molecule has 4 heteroatoms. The zero-order valence-corrected chi connectivity index (χ0v) is 14.4. The number of esters is 1. The first kappa shape index (κ1) is 17.5. The molecule has 116 valence electrons. The quantitative estimate of drug-likeness (QED) is 0.335. The highest BCUT2D eigenvalue weighted by Crippen LogP contribution is 2.21. The van der Waals surface area contributed by atoms with E-state index in [9.17, 15) is 4.79 Å². The van der Waals surface area contributed by atoms with Crippen LogP contribution in [0.4, 0.5) is 5.69 Å². The average Bonchev–Trinajstić information content (AvgIpc) is 2.52. The maximum Gasteiger partial charge on any atom is 0.338 e. The Balaban J connectivity index is 2.40. The molecule has 0 saturated carbocycles. The van der Waals surface area contributed by atoms with Gasteiger partial charge >= 0.3 is 5.97 Å². The average molecular weight is 305 g/mol. The first-order valence-electron chi connectivity index (χ1n) is 7.77. The van der Waals surface area contributed by atoms with Gasteiger partial charge in [0.15, 0.2) is 0 Å². The van der Waals surface area contributed by atoms with Gasteiger partial charge in [-0.25, -0.2) is 4.79 Å². The van der Waals surface area contributed by atoms with Gasteiger partial charge in [0.2, 0.25) is 0 Å². The fraction of sp³-hybridized carbons (Fsp3) is 0.471. The van der Waals surface area contributed by atoms with Crippen molar-refractivity contribution in [3.8, 4) is 0 Å².